The molecular formula is C30H31N5O3. The lowest BCUT2D eigenvalue weighted by molar-refractivity contribution is 0.0952. The Morgan fingerprint density at radius 3 is 2.63 bits per heavy atom. The van der Waals surface area contributed by atoms with Gasteiger partial charge in [-0.2, -0.15) is 0 Å². The molecule has 8 nitrogen and oxygen atoms in total. The number of aromatic nitrogens is 4. The molecule has 1 aliphatic rings. The van der Waals surface area contributed by atoms with Crippen LogP contribution < -0.4 is 16.4 Å². The van der Waals surface area contributed by atoms with Crippen LogP contribution in [0.1, 0.15) is 58.9 Å². The third-order valence-electron chi connectivity index (χ3n) is 7.93. The monoisotopic (exact) mass is 509 g/mol. The highest BCUT2D eigenvalue weighted by Gasteiger charge is 2.22. The van der Waals surface area contributed by atoms with E-state index in [0.29, 0.717) is 22.7 Å². The zero-order valence-electron chi connectivity index (χ0n) is 21.9. The van der Waals surface area contributed by atoms with Gasteiger partial charge < -0.3 is 24.4 Å². The summed E-state index contributed by atoms with van der Waals surface area (Å²) in [6.45, 7) is 3.86. The molecule has 3 N–H and O–H groups in total. The summed E-state index contributed by atoms with van der Waals surface area (Å²) in [5, 5.41) is 4.69. The van der Waals surface area contributed by atoms with Gasteiger partial charge in [0, 0.05) is 76.9 Å². The largest absolute Gasteiger partial charge is 0.357 e. The van der Waals surface area contributed by atoms with Crippen molar-refractivity contribution in [1.29, 1.82) is 0 Å². The normalized spacial score (nSPS) is 14.1. The van der Waals surface area contributed by atoms with Crippen LogP contribution >= 0.6 is 0 Å². The number of hydrogen-bond donors (Lipinski definition) is 3. The Hall–Kier alpha value is -4.33. The first-order chi connectivity index (χ1) is 18.3. The Kier molecular flexibility index (Phi) is 5.82. The molecule has 1 saturated carbocycles. The van der Waals surface area contributed by atoms with E-state index in [0.717, 1.165) is 51.5 Å². The fraction of sp³-hybridized carbons (Fsp3) is 0.300. The molecule has 5 aromatic rings. The van der Waals surface area contributed by atoms with Crippen molar-refractivity contribution in [2.45, 2.75) is 52.1 Å². The van der Waals surface area contributed by atoms with E-state index in [1.54, 1.807) is 17.8 Å². The lowest BCUT2D eigenvalue weighted by atomic mass is 9.98. The Morgan fingerprint density at radius 2 is 1.87 bits per heavy atom. The number of nitrogens with one attached hydrogen (secondary N) is 3. The molecule has 0 radical (unpaired) electrons. The number of aryl methyl sites for hydroxylation is 3. The molecule has 0 spiro atoms. The molecule has 6 rings (SSSR count). The predicted octanol–water partition coefficient (Wildman–Crippen LogP) is 4.84. The molecule has 8 heteroatoms. The van der Waals surface area contributed by atoms with Gasteiger partial charge in [-0.1, -0.05) is 12.8 Å². The maximum atomic E-state index is 13.7. The molecule has 1 amide bonds. The van der Waals surface area contributed by atoms with E-state index in [-0.39, 0.29) is 23.6 Å². The van der Waals surface area contributed by atoms with E-state index >= 15 is 0 Å². The molecule has 38 heavy (non-hydrogen) atoms. The average molecular weight is 510 g/mol. The van der Waals surface area contributed by atoms with Crippen LogP contribution in [0.4, 0.5) is 0 Å². The van der Waals surface area contributed by atoms with Gasteiger partial charge >= 0.3 is 0 Å². The number of carbonyl (C=O) groups excluding carboxylic acids is 1. The summed E-state index contributed by atoms with van der Waals surface area (Å²) < 4.78 is 3.87. The van der Waals surface area contributed by atoms with Gasteiger partial charge in [-0.15, -0.1) is 0 Å². The zero-order chi connectivity index (χ0) is 26.6. The van der Waals surface area contributed by atoms with Crippen LogP contribution in [0.3, 0.4) is 0 Å². The topological polar surface area (TPSA) is 105 Å². The van der Waals surface area contributed by atoms with Gasteiger partial charge in [-0.05, 0) is 68.1 Å². The average Bonchev–Trinajstić information content (AvgIpc) is 3.65. The number of nitrogens with zero attached hydrogens (tertiary/aromatic N) is 2. The van der Waals surface area contributed by atoms with Crippen molar-refractivity contribution in [2.75, 3.05) is 0 Å². The number of carbonyl (C=O) groups is 1. The molecule has 1 fully saturated rings. The molecule has 0 unspecified atom stereocenters. The summed E-state index contributed by atoms with van der Waals surface area (Å²) in [5.41, 5.74) is 5.73. The minimum Gasteiger partial charge on any atom is -0.357 e. The molecule has 4 heterocycles. The number of hydrogen-bond acceptors (Lipinski definition) is 3. The van der Waals surface area contributed by atoms with E-state index < -0.39 is 0 Å². The molecule has 1 aliphatic carbocycles. The van der Waals surface area contributed by atoms with Gasteiger partial charge in [0.1, 0.15) is 5.52 Å². The maximum absolute atomic E-state index is 13.7. The van der Waals surface area contributed by atoms with Gasteiger partial charge in [0.15, 0.2) is 0 Å². The summed E-state index contributed by atoms with van der Waals surface area (Å²) in [6.07, 6.45) is 10.3. The summed E-state index contributed by atoms with van der Waals surface area (Å²) >= 11 is 0. The van der Waals surface area contributed by atoms with Gasteiger partial charge in [-0.3, -0.25) is 14.4 Å². The number of rotatable bonds is 5. The Balaban J connectivity index is 1.49. The molecule has 0 saturated heterocycles. The fourth-order valence-electron chi connectivity index (χ4n) is 5.97. The summed E-state index contributed by atoms with van der Waals surface area (Å²) in [7, 11) is 1.74. The van der Waals surface area contributed by atoms with Crippen molar-refractivity contribution in [3.05, 3.63) is 92.0 Å². The lowest BCUT2D eigenvalue weighted by Crippen LogP contribution is -2.28. The Bertz CT molecular complexity index is 1830. The second-order valence-corrected chi connectivity index (χ2v) is 10.5. The van der Waals surface area contributed by atoms with Crippen molar-refractivity contribution in [3.8, 4) is 11.1 Å². The lowest BCUT2D eigenvalue weighted by Gasteiger charge is -2.16. The minimum absolute atomic E-state index is 0.0965. The number of pyridine rings is 2. The maximum Gasteiger partial charge on any atom is 0.274 e. The van der Waals surface area contributed by atoms with Gasteiger partial charge in [0.05, 0.1) is 0 Å². The number of benzene rings is 1. The van der Waals surface area contributed by atoms with Crippen LogP contribution in [0.15, 0.2) is 58.5 Å². The van der Waals surface area contributed by atoms with Gasteiger partial charge in [0.25, 0.3) is 17.0 Å². The quantitative estimate of drug-likeness (QED) is 0.316. The van der Waals surface area contributed by atoms with E-state index in [1.807, 2.05) is 44.3 Å². The van der Waals surface area contributed by atoms with Crippen molar-refractivity contribution in [2.24, 2.45) is 7.05 Å². The van der Waals surface area contributed by atoms with Crippen molar-refractivity contribution in [3.63, 3.8) is 0 Å². The number of H-pyrrole nitrogens is 2. The molecule has 0 bridgehead atoms. The molecule has 1 aromatic carbocycles. The zero-order valence-corrected chi connectivity index (χ0v) is 21.9. The minimum atomic E-state index is -0.240. The Morgan fingerprint density at radius 1 is 1.08 bits per heavy atom. The highest BCUT2D eigenvalue weighted by atomic mass is 16.2. The SMILES string of the molecule is Cc1cc(C)c(CNC(=O)c2cc(-c3cn(C)c(=O)c4[nH]ccc34)cc3c2ccn3C2CCCC2)c(=O)[nH]1. The molecule has 0 aliphatic heterocycles. The van der Waals surface area contributed by atoms with Gasteiger partial charge in [0.2, 0.25) is 0 Å². The van der Waals surface area contributed by atoms with Crippen molar-refractivity contribution in [1.82, 2.24) is 24.4 Å². The second kappa shape index (κ2) is 9.20. The third kappa shape index (κ3) is 3.97. The van der Waals surface area contributed by atoms with Crippen molar-refractivity contribution >= 4 is 27.7 Å². The fourth-order valence-corrected chi connectivity index (χ4v) is 5.97. The Labute approximate surface area is 219 Å². The van der Waals surface area contributed by atoms with Crippen LogP contribution in [0, 0.1) is 13.8 Å². The first-order valence-electron chi connectivity index (χ1n) is 13.1. The van der Waals surface area contributed by atoms with Crippen LogP contribution in [0.25, 0.3) is 32.9 Å². The van der Waals surface area contributed by atoms with Crippen LogP contribution in [0.5, 0.6) is 0 Å². The third-order valence-corrected chi connectivity index (χ3v) is 7.93. The number of amides is 1. The smallest absolute Gasteiger partial charge is 0.274 e. The molecular weight excluding hydrogens is 478 g/mol. The van der Waals surface area contributed by atoms with E-state index in [1.165, 1.54) is 12.8 Å². The molecule has 0 atom stereocenters. The molecule has 194 valence electrons. The standard InChI is InChI=1S/C30H31N5O3/c1-17-12-18(2)33-29(37)24(17)15-32-28(36)23-13-19(25-16-34(3)30(38)27-22(25)8-10-31-27)14-26-21(23)9-11-35(26)20-6-4-5-7-20/h8-14,16,20,31H,4-7,15H2,1-3H3,(H,32,36)(H,33,37). The van der Waals surface area contributed by atoms with Gasteiger partial charge in [-0.25, -0.2) is 0 Å². The number of aromatic amines is 2. The first-order valence-corrected chi connectivity index (χ1v) is 13.1. The highest BCUT2D eigenvalue weighted by Crippen LogP contribution is 2.37. The second-order valence-electron chi connectivity index (χ2n) is 10.5. The number of fused-ring (bicyclic) bond motifs is 2. The van der Waals surface area contributed by atoms with Crippen LogP contribution in [-0.4, -0.2) is 25.0 Å². The summed E-state index contributed by atoms with van der Waals surface area (Å²) in [4.78, 5) is 44.8. The predicted molar refractivity (Wildman–Crippen MR) is 150 cm³/mol. The van der Waals surface area contributed by atoms with E-state index in [2.05, 4.69) is 32.1 Å². The summed E-state index contributed by atoms with van der Waals surface area (Å²) in [5.74, 6) is -0.240. The first kappa shape index (κ1) is 24.0. The van der Waals surface area contributed by atoms with E-state index in [4.69, 9.17) is 0 Å². The van der Waals surface area contributed by atoms with Crippen LogP contribution in [0.2, 0.25) is 0 Å². The molecule has 4 aromatic heterocycles. The highest BCUT2D eigenvalue weighted by molar-refractivity contribution is 6.09. The van der Waals surface area contributed by atoms with Crippen molar-refractivity contribution < 1.29 is 4.79 Å². The van der Waals surface area contributed by atoms with Crippen LogP contribution in [-0.2, 0) is 13.6 Å². The summed E-state index contributed by atoms with van der Waals surface area (Å²) in [6, 6.07) is 10.3. The van der Waals surface area contributed by atoms with E-state index in [9.17, 15) is 14.4 Å².